The van der Waals surface area contributed by atoms with Crippen LogP contribution < -0.4 is 4.74 Å². The van der Waals surface area contributed by atoms with Crippen LogP contribution in [0.25, 0.3) is 17.2 Å². The number of halogens is 3. The van der Waals surface area contributed by atoms with Gasteiger partial charge in [0.05, 0.1) is 17.9 Å². The van der Waals surface area contributed by atoms with Crippen molar-refractivity contribution in [1.82, 2.24) is 29.7 Å². The summed E-state index contributed by atoms with van der Waals surface area (Å²) in [4.78, 5) is 12.7. The summed E-state index contributed by atoms with van der Waals surface area (Å²) in [5, 5.41) is 7.08. The molecule has 0 aliphatic heterocycles. The van der Waals surface area contributed by atoms with Gasteiger partial charge in [0.2, 0.25) is 5.88 Å². The van der Waals surface area contributed by atoms with Crippen LogP contribution in [0.5, 0.6) is 5.88 Å². The summed E-state index contributed by atoms with van der Waals surface area (Å²) in [6.45, 7) is 4.75. The van der Waals surface area contributed by atoms with Gasteiger partial charge in [0.1, 0.15) is 17.6 Å². The first-order chi connectivity index (χ1) is 18.8. The lowest BCUT2D eigenvalue weighted by molar-refractivity contribution is -0.137. The zero-order chi connectivity index (χ0) is 29.2. The topological polar surface area (TPSA) is 122 Å². The number of aromatic nitrogens is 6. The lowest BCUT2D eigenvalue weighted by Gasteiger charge is -2.22. The molecule has 1 aromatic carbocycles. The van der Waals surface area contributed by atoms with Crippen molar-refractivity contribution in [3.8, 4) is 23.1 Å². The van der Waals surface area contributed by atoms with Gasteiger partial charge in [-0.3, -0.25) is 4.57 Å². The van der Waals surface area contributed by atoms with Crippen molar-refractivity contribution < 1.29 is 31.1 Å². The van der Waals surface area contributed by atoms with Gasteiger partial charge in [-0.25, -0.2) is 23.4 Å². The van der Waals surface area contributed by atoms with Crippen molar-refractivity contribution in [2.75, 3.05) is 14.2 Å². The summed E-state index contributed by atoms with van der Waals surface area (Å²) < 4.78 is 80.3. The minimum atomic E-state index is -4.64. The molecule has 0 radical (unpaired) electrons. The third kappa shape index (κ3) is 6.12. The normalized spacial score (nSPS) is 13.7. The van der Waals surface area contributed by atoms with Gasteiger partial charge in [-0.15, -0.1) is 10.2 Å². The number of rotatable bonds is 9. The summed E-state index contributed by atoms with van der Waals surface area (Å²) in [6.07, 6.45) is -2.54. The van der Waals surface area contributed by atoms with E-state index in [0.717, 1.165) is 17.7 Å². The number of pyridine rings is 1. The summed E-state index contributed by atoms with van der Waals surface area (Å²) in [7, 11) is -1.28. The molecule has 0 aliphatic carbocycles. The molecule has 4 rings (SSSR count). The molecule has 2 atom stereocenters. The van der Waals surface area contributed by atoms with Gasteiger partial charge in [0.15, 0.2) is 27.3 Å². The van der Waals surface area contributed by atoms with Crippen molar-refractivity contribution in [3.63, 3.8) is 0 Å². The SMILES string of the molecule is COc1cccc(-c2nnc(CS(=O)(=O)[C@@H](C)[C@H](OC)c3ncc(C)cn3)n2-c2cc(C)cc(C(F)(F)F)c2)n1. The first-order valence-electron chi connectivity index (χ1n) is 12.0. The predicted octanol–water partition coefficient (Wildman–Crippen LogP) is 4.45. The number of hydrogen-bond donors (Lipinski definition) is 0. The Morgan fingerprint density at radius 3 is 2.33 bits per heavy atom. The van der Waals surface area contributed by atoms with Crippen LogP contribution in [0.1, 0.15) is 41.4 Å². The Labute approximate surface area is 229 Å². The zero-order valence-electron chi connectivity index (χ0n) is 22.3. The summed E-state index contributed by atoms with van der Waals surface area (Å²) in [6, 6.07) is 8.18. The molecule has 3 heterocycles. The number of sulfone groups is 1. The van der Waals surface area contributed by atoms with Crippen molar-refractivity contribution >= 4 is 9.84 Å². The van der Waals surface area contributed by atoms with E-state index in [1.54, 1.807) is 37.5 Å². The van der Waals surface area contributed by atoms with E-state index < -0.39 is 38.7 Å². The van der Waals surface area contributed by atoms with Gasteiger partial charge < -0.3 is 9.47 Å². The Morgan fingerprint density at radius 2 is 1.70 bits per heavy atom. The predicted molar refractivity (Wildman–Crippen MR) is 139 cm³/mol. The third-order valence-electron chi connectivity index (χ3n) is 6.17. The monoisotopic (exact) mass is 576 g/mol. The van der Waals surface area contributed by atoms with Crippen molar-refractivity contribution in [2.24, 2.45) is 0 Å². The van der Waals surface area contributed by atoms with E-state index in [9.17, 15) is 21.6 Å². The van der Waals surface area contributed by atoms with Crippen LogP contribution in [0.4, 0.5) is 13.2 Å². The maximum atomic E-state index is 13.7. The summed E-state index contributed by atoms with van der Waals surface area (Å²) in [5.41, 5.74) is 0.443. The fourth-order valence-electron chi connectivity index (χ4n) is 4.11. The Hall–Kier alpha value is -3.91. The molecule has 0 unspecified atom stereocenters. The molecule has 4 aromatic rings. The van der Waals surface area contributed by atoms with E-state index in [2.05, 4.69) is 25.1 Å². The highest BCUT2D eigenvalue weighted by molar-refractivity contribution is 7.91. The fourth-order valence-corrected chi connectivity index (χ4v) is 5.53. The van der Waals surface area contributed by atoms with Crippen LogP contribution >= 0.6 is 0 Å². The Bertz CT molecular complexity index is 1610. The first kappa shape index (κ1) is 29.1. The second-order valence-corrected chi connectivity index (χ2v) is 11.5. The van der Waals surface area contributed by atoms with Crippen LogP contribution in [-0.4, -0.2) is 57.6 Å². The van der Waals surface area contributed by atoms with Crippen LogP contribution in [0.2, 0.25) is 0 Å². The van der Waals surface area contributed by atoms with Crippen LogP contribution in [0.3, 0.4) is 0 Å². The van der Waals surface area contributed by atoms with E-state index in [1.807, 2.05) is 0 Å². The smallest absolute Gasteiger partial charge is 0.416 e. The Morgan fingerprint density at radius 1 is 1.00 bits per heavy atom. The highest BCUT2D eigenvalue weighted by atomic mass is 32.2. The average molecular weight is 577 g/mol. The van der Waals surface area contributed by atoms with Gasteiger partial charge in [0, 0.05) is 31.3 Å². The lowest BCUT2D eigenvalue weighted by Crippen LogP contribution is -2.30. The number of aryl methyl sites for hydroxylation is 2. The second kappa shape index (κ2) is 11.3. The number of hydrogen-bond acceptors (Lipinski definition) is 9. The second-order valence-electron chi connectivity index (χ2n) is 9.18. The van der Waals surface area contributed by atoms with Gasteiger partial charge in [-0.2, -0.15) is 13.2 Å². The standard InChI is InChI=1S/C26H27F3N6O4S/c1-15-9-18(26(27,28)29)11-19(10-15)35-21(33-34-25(35)20-7-6-8-22(32-20)38-4)14-40(36,37)17(3)23(39-5)24-30-12-16(2)13-31-24/h6-13,17,23H,14H2,1-5H3/t17-,23-/m0/s1. The number of nitrogens with zero attached hydrogens (tertiary/aromatic N) is 6. The number of benzene rings is 1. The number of alkyl halides is 3. The zero-order valence-corrected chi connectivity index (χ0v) is 23.2. The van der Waals surface area contributed by atoms with Gasteiger partial charge in [-0.05, 0) is 56.2 Å². The maximum Gasteiger partial charge on any atom is 0.416 e. The maximum absolute atomic E-state index is 13.7. The molecule has 0 fully saturated rings. The Kier molecular flexibility index (Phi) is 8.21. The minimum Gasteiger partial charge on any atom is -0.481 e. The quantitative estimate of drug-likeness (QED) is 0.284. The van der Waals surface area contributed by atoms with Crippen LogP contribution in [-0.2, 0) is 26.5 Å². The van der Waals surface area contributed by atoms with E-state index >= 15 is 0 Å². The van der Waals surface area contributed by atoms with Crippen LogP contribution in [0, 0.1) is 13.8 Å². The summed E-state index contributed by atoms with van der Waals surface area (Å²) >= 11 is 0. The molecule has 0 saturated carbocycles. The Balaban J connectivity index is 1.84. The highest BCUT2D eigenvalue weighted by Gasteiger charge is 2.35. The molecule has 40 heavy (non-hydrogen) atoms. The van der Waals surface area contributed by atoms with Crippen molar-refractivity contribution in [2.45, 2.75) is 44.1 Å². The van der Waals surface area contributed by atoms with Gasteiger partial charge in [0.25, 0.3) is 0 Å². The molecule has 3 aromatic heterocycles. The summed E-state index contributed by atoms with van der Waals surface area (Å²) in [5.74, 6) is -0.311. The third-order valence-corrected chi connectivity index (χ3v) is 8.21. The highest BCUT2D eigenvalue weighted by Crippen LogP contribution is 2.34. The van der Waals surface area contributed by atoms with E-state index in [1.165, 1.54) is 38.7 Å². The molecule has 0 N–H and O–H groups in total. The largest absolute Gasteiger partial charge is 0.481 e. The van der Waals surface area contributed by atoms with Gasteiger partial charge >= 0.3 is 6.18 Å². The molecule has 0 bridgehead atoms. The van der Waals surface area contributed by atoms with E-state index in [4.69, 9.17) is 9.47 Å². The molecule has 0 aliphatic rings. The molecule has 10 nitrogen and oxygen atoms in total. The molecular formula is C26H27F3N6O4S. The minimum absolute atomic E-state index is 0.0277. The molecule has 0 spiro atoms. The number of methoxy groups -OCH3 is 2. The molecular weight excluding hydrogens is 549 g/mol. The molecule has 0 amide bonds. The molecule has 14 heteroatoms. The van der Waals surface area contributed by atoms with Crippen LogP contribution in [0.15, 0.2) is 48.8 Å². The van der Waals surface area contributed by atoms with Gasteiger partial charge in [-0.1, -0.05) is 6.07 Å². The first-order valence-corrected chi connectivity index (χ1v) is 13.7. The fraction of sp³-hybridized carbons (Fsp3) is 0.346. The average Bonchev–Trinajstić information content (AvgIpc) is 3.32. The molecule has 0 saturated heterocycles. The van der Waals surface area contributed by atoms with Crippen molar-refractivity contribution in [1.29, 1.82) is 0 Å². The van der Waals surface area contributed by atoms with E-state index in [0.29, 0.717) is 5.56 Å². The molecule has 212 valence electrons. The van der Waals surface area contributed by atoms with E-state index in [-0.39, 0.29) is 34.7 Å². The number of ether oxygens (including phenoxy) is 2. The lowest BCUT2D eigenvalue weighted by atomic mass is 10.1. The van der Waals surface area contributed by atoms with Crippen molar-refractivity contribution in [3.05, 3.63) is 77.1 Å².